The molecule has 0 spiro atoms. The number of carbonyl (C=O) groups is 1. The number of carbonyl (C=O) groups excluding carboxylic acids is 1. The summed E-state index contributed by atoms with van der Waals surface area (Å²) in [5.74, 6) is -0.531. The molecule has 0 saturated carbocycles. The maximum Gasteiger partial charge on any atom is 0.253 e. The number of aryl methyl sites for hydroxylation is 1. The number of aliphatic imine (C=N–C) groups is 1. The molecule has 0 fully saturated rings. The lowest BCUT2D eigenvalue weighted by Crippen LogP contribution is -2.24. The molecule has 1 heterocycles. The van der Waals surface area contributed by atoms with E-state index in [1.807, 2.05) is 42.1 Å². The lowest BCUT2D eigenvalue weighted by molar-refractivity contribution is -0.117. The van der Waals surface area contributed by atoms with Crippen LogP contribution < -0.4 is 11.5 Å². The number of guanidine groups is 1. The number of nitrogens with two attached hydrogens (primary N) is 2. The van der Waals surface area contributed by atoms with Crippen LogP contribution in [0, 0.1) is 0 Å². The summed E-state index contributed by atoms with van der Waals surface area (Å²) in [7, 11) is 1.94. The second-order valence-corrected chi connectivity index (χ2v) is 3.89. The average Bonchev–Trinajstić information content (AvgIpc) is 2.55. The molecule has 0 aliphatic carbocycles. The van der Waals surface area contributed by atoms with Gasteiger partial charge < -0.3 is 16.0 Å². The molecule has 0 aliphatic rings. The smallest absolute Gasteiger partial charge is 0.253 e. The Labute approximate surface area is 98.7 Å². The number of aromatic nitrogens is 1. The van der Waals surface area contributed by atoms with Crippen LogP contribution in [0.25, 0.3) is 10.9 Å². The zero-order chi connectivity index (χ0) is 12.4. The number of fused-ring (bicyclic) bond motifs is 1. The molecule has 0 bridgehead atoms. The van der Waals surface area contributed by atoms with E-state index in [0.717, 1.165) is 16.5 Å². The highest BCUT2D eigenvalue weighted by atomic mass is 16.1. The van der Waals surface area contributed by atoms with Crippen molar-refractivity contribution in [2.24, 2.45) is 23.5 Å². The van der Waals surface area contributed by atoms with Crippen molar-refractivity contribution in [3.05, 3.63) is 36.0 Å². The summed E-state index contributed by atoms with van der Waals surface area (Å²) in [6.45, 7) is 0. The van der Waals surface area contributed by atoms with Gasteiger partial charge in [-0.3, -0.25) is 4.79 Å². The molecule has 2 aromatic rings. The van der Waals surface area contributed by atoms with Crippen LogP contribution in [0.4, 0.5) is 0 Å². The minimum absolute atomic E-state index is 0.199. The van der Waals surface area contributed by atoms with Gasteiger partial charge >= 0.3 is 0 Å². The molecular formula is C12H14N4O. The van der Waals surface area contributed by atoms with Crippen molar-refractivity contribution in [2.45, 2.75) is 6.42 Å². The minimum Gasteiger partial charge on any atom is -0.370 e. The quantitative estimate of drug-likeness (QED) is 0.582. The molecule has 88 valence electrons. The van der Waals surface area contributed by atoms with Gasteiger partial charge in [-0.2, -0.15) is 4.99 Å². The molecule has 4 N–H and O–H groups in total. The maximum absolute atomic E-state index is 11.5. The second-order valence-electron chi connectivity index (χ2n) is 3.89. The Kier molecular flexibility index (Phi) is 2.82. The first kappa shape index (κ1) is 11.2. The molecule has 5 heteroatoms. The molecule has 5 nitrogen and oxygen atoms in total. The van der Waals surface area contributed by atoms with Crippen LogP contribution in [0.2, 0.25) is 0 Å². The van der Waals surface area contributed by atoms with Gasteiger partial charge in [0.05, 0.1) is 6.42 Å². The van der Waals surface area contributed by atoms with Gasteiger partial charge in [0, 0.05) is 24.1 Å². The predicted octanol–water partition coefficient (Wildman–Crippen LogP) is 0.521. The number of hydrogen-bond donors (Lipinski definition) is 2. The highest BCUT2D eigenvalue weighted by molar-refractivity contribution is 5.95. The van der Waals surface area contributed by atoms with Crippen LogP contribution in [0.15, 0.2) is 35.5 Å². The molecule has 0 atom stereocenters. The van der Waals surface area contributed by atoms with Gasteiger partial charge in [-0.15, -0.1) is 0 Å². The highest BCUT2D eigenvalue weighted by Crippen LogP contribution is 2.20. The van der Waals surface area contributed by atoms with Gasteiger partial charge in [0.15, 0.2) is 5.96 Å². The van der Waals surface area contributed by atoms with Crippen molar-refractivity contribution >= 4 is 22.8 Å². The topological polar surface area (TPSA) is 86.4 Å². The maximum atomic E-state index is 11.5. The third kappa shape index (κ3) is 2.28. The Hall–Kier alpha value is -2.30. The first-order valence-corrected chi connectivity index (χ1v) is 5.23. The van der Waals surface area contributed by atoms with E-state index >= 15 is 0 Å². The number of para-hydroxylation sites is 1. The van der Waals surface area contributed by atoms with Crippen LogP contribution in [-0.4, -0.2) is 16.4 Å². The van der Waals surface area contributed by atoms with Crippen LogP contribution in [-0.2, 0) is 18.3 Å². The molecule has 2 rings (SSSR count). The Morgan fingerprint density at radius 2 is 2.06 bits per heavy atom. The molecule has 0 radical (unpaired) electrons. The van der Waals surface area contributed by atoms with Gasteiger partial charge in [0.1, 0.15) is 0 Å². The van der Waals surface area contributed by atoms with E-state index in [0.29, 0.717) is 0 Å². The number of hydrogen-bond acceptors (Lipinski definition) is 1. The number of benzene rings is 1. The van der Waals surface area contributed by atoms with Crippen molar-refractivity contribution in [1.29, 1.82) is 0 Å². The van der Waals surface area contributed by atoms with E-state index in [4.69, 9.17) is 11.5 Å². The summed E-state index contributed by atoms with van der Waals surface area (Å²) < 4.78 is 1.98. The first-order valence-electron chi connectivity index (χ1n) is 5.23. The molecule has 0 saturated heterocycles. The number of nitrogens with zero attached hydrogens (tertiary/aromatic N) is 2. The molecule has 17 heavy (non-hydrogen) atoms. The molecule has 0 aliphatic heterocycles. The summed E-state index contributed by atoms with van der Waals surface area (Å²) in [5, 5.41) is 1.05. The number of amides is 1. The van der Waals surface area contributed by atoms with E-state index in [2.05, 4.69) is 4.99 Å². The fourth-order valence-corrected chi connectivity index (χ4v) is 1.91. The van der Waals surface area contributed by atoms with E-state index < -0.39 is 0 Å². The van der Waals surface area contributed by atoms with E-state index in [1.165, 1.54) is 0 Å². The van der Waals surface area contributed by atoms with E-state index in [1.54, 1.807) is 0 Å². The summed E-state index contributed by atoms with van der Waals surface area (Å²) >= 11 is 0. The monoisotopic (exact) mass is 230 g/mol. The predicted molar refractivity (Wildman–Crippen MR) is 67.4 cm³/mol. The van der Waals surface area contributed by atoms with Gasteiger partial charge in [-0.25, -0.2) is 0 Å². The van der Waals surface area contributed by atoms with Gasteiger partial charge in [-0.05, 0) is 11.6 Å². The van der Waals surface area contributed by atoms with Gasteiger partial charge in [0.2, 0.25) is 0 Å². The lowest BCUT2D eigenvalue weighted by Gasteiger charge is -1.95. The average molecular weight is 230 g/mol. The third-order valence-corrected chi connectivity index (χ3v) is 2.57. The normalized spacial score (nSPS) is 10.4. The van der Waals surface area contributed by atoms with Crippen LogP contribution in [0.5, 0.6) is 0 Å². The fraction of sp³-hybridized carbons (Fsp3) is 0.167. The zero-order valence-electron chi connectivity index (χ0n) is 9.55. The molecule has 0 unspecified atom stereocenters. The minimum atomic E-state index is -0.332. The van der Waals surface area contributed by atoms with Crippen molar-refractivity contribution in [3.8, 4) is 0 Å². The second kappa shape index (κ2) is 4.29. The Bertz CT molecular complexity index is 594. The largest absolute Gasteiger partial charge is 0.370 e. The fourth-order valence-electron chi connectivity index (χ4n) is 1.91. The first-order chi connectivity index (χ1) is 8.08. The standard InChI is InChI=1S/C12H14N4O/c1-16-7-8(6-11(17)15-12(13)14)9-4-2-3-5-10(9)16/h2-5,7H,6H2,1H3,(H4,13,14,15,17). The Morgan fingerprint density at radius 1 is 1.35 bits per heavy atom. The van der Waals surface area contributed by atoms with Crippen molar-refractivity contribution < 1.29 is 4.79 Å². The van der Waals surface area contributed by atoms with E-state index in [-0.39, 0.29) is 18.3 Å². The van der Waals surface area contributed by atoms with Gasteiger partial charge in [0.25, 0.3) is 5.91 Å². The summed E-state index contributed by atoms with van der Waals surface area (Å²) in [4.78, 5) is 15.0. The highest BCUT2D eigenvalue weighted by Gasteiger charge is 2.09. The van der Waals surface area contributed by atoms with Crippen LogP contribution >= 0.6 is 0 Å². The summed E-state index contributed by atoms with van der Waals surface area (Å²) in [6, 6.07) is 7.89. The molecule has 1 amide bonds. The SMILES string of the molecule is Cn1cc(CC(=O)N=C(N)N)c2ccccc21. The van der Waals surface area contributed by atoms with Crippen LogP contribution in [0.3, 0.4) is 0 Å². The summed E-state index contributed by atoms with van der Waals surface area (Å²) in [5.41, 5.74) is 12.3. The molecular weight excluding hydrogens is 216 g/mol. The van der Waals surface area contributed by atoms with E-state index in [9.17, 15) is 4.79 Å². The van der Waals surface area contributed by atoms with Crippen molar-refractivity contribution in [1.82, 2.24) is 4.57 Å². The Balaban J connectivity index is 2.37. The van der Waals surface area contributed by atoms with Crippen LogP contribution in [0.1, 0.15) is 5.56 Å². The lowest BCUT2D eigenvalue weighted by atomic mass is 10.1. The zero-order valence-corrected chi connectivity index (χ0v) is 9.55. The van der Waals surface area contributed by atoms with Gasteiger partial charge in [-0.1, -0.05) is 18.2 Å². The number of rotatable bonds is 2. The summed E-state index contributed by atoms with van der Waals surface area (Å²) in [6.07, 6.45) is 2.13. The van der Waals surface area contributed by atoms with Crippen molar-refractivity contribution in [2.75, 3.05) is 0 Å². The molecule has 1 aromatic carbocycles. The Morgan fingerprint density at radius 3 is 2.76 bits per heavy atom. The molecule has 1 aromatic heterocycles. The third-order valence-electron chi connectivity index (χ3n) is 2.57. The van der Waals surface area contributed by atoms with Crippen molar-refractivity contribution in [3.63, 3.8) is 0 Å².